The summed E-state index contributed by atoms with van der Waals surface area (Å²) in [6.45, 7) is -0.0562. The van der Waals surface area contributed by atoms with Crippen molar-refractivity contribution < 1.29 is 14.0 Å². The van der Waals surface area contributed by atoms with Gasteiger partial charge in [0.05, 0.1) is 12.2 Å². The molecule has 23 heavy (non-hydrogen) atoms. The highest BCUT2D eigenvalue weighted by molar-refractivity contribution is 5.96. The molecule has 0 saturated heterocycles. The van der Waals surface area contributed by atoms with Crippen molar-refractivity contribution in [2.24, 2.45) is 0 Å². The molecule has 0 saturated carbocycles. The Morgan fingerprint density at radius 1 is 1.04 bits per heavy atom. The molecule has 0 aliphatic carbocycles. The first-order valence-corrected chi connectivity index (χ1v) is 7.07. The van der Waals surface area contributed by atoms with Crippen LogP contribution >= 0.6 is 0 Å². The van der Waals surface area contributed by atoms with Crippen LogP contribution in [-0.2, 0) is 4.79 Å². The third-order valence-electron chi connectivity index (χ3n) is 3.14. The number of carbonyl (C=O) groups is 2. The van der Waals surface area contributed by atoms with E-state index in [0.29, 0.717) is 11.3 Å². The highest BCUT2D eigenvalue weighted by Gasteiger charge is 2.08. The van der Waals surface area contributed by atoms with Crippen molar-refractivity contribution in [1.29, 1.82) is 0 Å². The van der Waals surface area contributed by atoms with Crippen LogP contribution in [0.4, 0.5) is 15.8 Å². The predicted octanol–water partition coefficient (Wildman–Crippen LogP) is 2.58. The first-order chi connectivity index (χ1) is 11.0. The standard InChI is InChI=1S/C17H18FN3O2/c1-21(2)17(23)12-7-9-13(10-8-12)20-16(22)11-19-15-6-4-3-5-14(15)18/h3-10,19H,11H2,1-2H3,(H,20,22). The average Bonchev–Trinajstić information content (AvgIpc) is 2.54. The number of halogens is 1. The Morgan fingerprint density at radius 3 is 2.30 bits per heavy atom. The van der Waals surface area contributed by atoms with Crippen LogP contribution in [0.3, 0.4) is 0 Å². The van der Waals surface area contributed by atoms with E-state index in [1.165, 1.54) is 11.0 Å². The summed E-state index contributed by atoms with van der Waals surface area (Å²) in [5.74, 6) is -0.823. The zero-order valence-corrected chi connectivity index (χ0v) is 13.0. The number of hydrogen-bond acceptors (Lipinski definition) is 3. The van der Waals surface area contributed by atoms with Crippen LogP contribution in [0.25, 0.3) is 0 Å². The van der Waals surface area contributed by atoms with Gasteiger partial charge in [-0.15, -0.1) is 0 Å². The molecule has 0 fully saturated rings. The van der Waals surface area contributed by atoms with Crippen LogP contribution in [0.15, 0.2) is 48.5 Å². The molecule has 2 aromatic rings. The van der Waals surface area contributed by atoms with E-state index >= 15 is 0 Å². The molecule has 0 unspecified atom stereocenters. The molecule has 0 aliphatic rings. The van der Waals surface area contributed by atoms with E-state index < -0.39 is 5.82 Å². The normalized spacial score (nSPS) is 10.0. The van der Waals surface area contributed by atoms with Gasteiger partial charge in [0.15, 0.2) is 0 Å². The van der Waals surface area contributed by atoms with E-state index in [1.807, 2.05) is 0 Å². The number of anilines is 2. The van der Waals surface area contributed by atoms with Gasteiger partial charge >= 0.3 is 0 Å². The summed E-state index contributed by atoms with van der Waals surface area (Å²) in [5.41, 5.74) is 1.38. The predicted molar refractivity (Wildman–Crippen MR) is 88.0 cm³/mol. The molecular formula is C17H18FN3O2. The molecule has 2 aromatic carbocycles. The Bertz CT molecular complexity index is 699. The maximum absolute atomic E-state index is 13.4. The van der Waals surface area contributed by atoms with Gasteiger partial charge in [0.2, 0.25) is 5.91 Å². The number of amides is 2. The van der Waals surface area contributed by atoms with E-state index in [1.54, 1.807) is 56.6 Å². The Kier molecular flexibility index (Phi) is 5.30. The third kappa shape index (κ3) is 4.54. The number of rotatable bonds is 5. The maximum atomic E-state index is 13.4. The number of benzene rings is 2. The van der Waals surface area contributed by atoms with Crippen molar-refractivity contribution in [3.63, 3.8) is 0 Å². The summed E-state index contributed by atoms with van der Waals surface area (Å²) in [4.78, 5) is 25.1. The van der Waals surface area contributed by atoms with Gasteiger partial charge in [-0.1, -0.05) is 12.1 Å². The van der Waals surface area contributed by atoms with Gasteiger partial charge in [0.25, 0.3) is 5.91 Å². The Labute approximate surface area is 134 Å². The van der Waals surface area contributed by atoms with Crippen LogP contribution in [0.5, 0.6) is 0 Å². The van der Waals surface area contributed by atoms with E-state index in [2.05, 4.69) is 10.6 Å². The molecule has 5 nitrogen and oxygen atoms in total. The fourth-order valence-electron chi connectivity index (χ4n) is 1.94. The monoisotopic (exact) mass is 315 g/mol. The van der Waals surface area contributed by atoms with Crippen LogP contribution < -0.4 is 10.6 Å². The molecule has 120 valence electrons. The first kappa shape index (κ1) is 16.5. The summed E-state index contributed by atoms with van der Waals surface area (Å²) < 4.78 is 13.4. The van der Waals surface area contributed by atoms with Gasteiger partial charge < -0.3 is 15.5 Å². The van der Waals surface area contributed by atoms with Crippen LogP contribution in [0.2, 0.25) is 0 Å². The number of nitrogens with zero attached hydrogens (tertiary/aromatic N) is 1. The quantitative estimate of drug-likeness (QED) is 0.891. The lowest BCUT2D eigenvalue weighted by molar-refractivity contribution is -0.114. The summed E-state index contributed by atoms with van der Waals surface area (Å²) in [5, 5.41) is 5.41. The summed E-state index contributed by atoms with van der Waals surface area (Å²) >= 11 is 0. The van der Waals surface area contributed by atoms with Crippen LogP contribution in [-0.4, -0.2) is 37.4 Å². The van der Waals surface area contributed by atoms with Crippen molar-refractivity contribution in [2.75, 3.05) is 31.3 Å². The van der Waals surface area contributed by atoms with E-state index in [0.717, 1.165) is 0 Å². The lowest BCUT2D eigenvalue weighted by Gasteiger charge is -2.11. The first-order valence-electron chi connectivity index (χ1n) is 7.07. The smallest absolute Gasteiger partial charge is 0.253 e. The second kappa shape index (κ2) is 7.40. The Balaban J connectivity index is 1.90. The van der Waals surface area contributed by atoms with Gasteiger partial charge in [-0.3, -0.25) is 9.59 Å². The SMILES string of the molecule is CN(C)C(=O)c1ccc(NC(=O)CNc2ccccc2F)cc1. The topological polar surface area (TPSA) is 61.4 Å². The lowest BCUT2D eigenvalue weighted by atomic mass is 10.2. The largest absolute Gasteiger partial charge is 0.374 e. The van der Waals surface area contributed by atoms with Gasteiger partial charge in [0.1, 0.15) is 5.82 Å². The van der Waals surface area contributed by atoms with Crippen molar-refractivity contribution in [3.8, 4) is 0 Å². The Hall–Kier alpha value is -2.89. The number of para-hydroxylation sites is 1. The lowest BCUT2D eigenvalue weighted by Crippen LogP contribution is -2.23. The van der Waals surface area contributed by atoms with Crippen LogP contribution in [0.1, 0.15) is 10.4 Å². The minimum atomic E-state index is -0.410. The fourth-order valence-corrected chi connectivity index (χ4v) is 1.94. The second-order valence-electron chi connectivity index (χ2n) is 5.16. The fraction of sp³-hybridized carbons (Fsp3) is 0.176. The van der Waals surface area contributed by atoms with Gasteiger partial charge in [-0.05, 0) is 36.4 Å². The molecule has 2 N–H and O–H groups in total. The van der Waals surface area contributed by atoms with Gasteiger partial charge in [-0.25, -0.2) is 4.39 Å². The Morgan fingerprint density at radius 2 is 1.70 bits per heavy atom. The summed E-state index contributed by atoms with van der Waals surface area (Å²) in [6.07, 6.45) is 0. The summed E-state index contributed by atoms with van der Waals surface area (Å²) in [7, 11) is 3.35. The number of carbonyl (C=O) groups excluding carboxylic acids is 2. The van der Waals surface area contributed by atoms with Gasteiger partial charge in [-0.2, -0.15) is 0 Å². The van der Waals surface area contributed by atoms with E-state index in [9.17, 15) is 14.0 Å². The minimum Gasteiger partial charge on any atom is -0.374 e. The minimum absolute atomic E-state index is 0.0562. The molecule has 0 heterocycles. The molecule has 0 radical (unpaired) electrons. The van der Waals surface area contributed by atoms with Gasteiger partial charge in [0, 0.05) is 25.3 Å². The third-order valence-corrected chi connectivity index (χ3v) is 3.14. The molecule has 2 rings (SSSR count). The number of nitrogens with one attached hydrogen (secondary N) is 2. The number of hydrogen-bond donors (Lipinski definition) is 2. The zero-order chi connectivity index (χ0) is 16.8. The average molecular weight is 315 g/mol. The molecule has 2 amide bonds. The van der Waals surface area contributed by atoms with Crippen molar-refractivity contribution in [3.05, 3.63) is 59.9 Å². The zero-order valence-electron chi connectivity index (χ0n) is 13.0. The second-order valence-corrected chi connectivity index (χ2v) is 5.16. The molecule has 0 aliphatic heterocycles. The maximum Gasteiger partial charge on any atom is 0.253 e. The molecular weight excluding hydrogens is 297 g/mol. The molecule has 6 heteroatoms. The van der Waals surface area contributed by atoms with Crippen molar-refractivity contribution in [1.82, 2.24) is 4.90 Å². The molecule has 0 bridgehead atoms. The highest BCUT2D eigenvalue weighted by Crippen LogP contribution is 2.13. The van der Waals surface area contributed by atoms with E-state index in [-0.39, 0.29) is 24.0 Å². The molecule has 0 atom stereocenters. The van der Waals surface area contributed by atoms with E-state index in [4.69, 9.17) is 0 Å². The van der Waals surface area contributed by atoms with Crippen LogP contribution in [0, 0.1) is 5.82 Å². The van der Waals surface area contributed by atoms with Crippen molar-refractivity contribution >= 4 is 23.2 Å². The highest BCUT2D eigenvalue weighted by atomic mass is 19.1. The molecule has 0 aromatic heterocycles. The molecule has 0 spiro atoms. The van der Waals surface area contributed by atoms with Crippen molar-refractivity contribution in [2.45, 2.75) is 0 Å². The summed E-state index contributed by atoms with van der Waals surface area (Å²) in [6, 6.07) is 12.7.